The van der Waals surface area contributed by atoms with Crippen molar-refractivity contribution in [3.05, 3.63) is 0 Å². The largest absolute Gasteiger partial charge is 0.343 e. The highest BCUT2D eigenvalue weighted by molar-refractivity contribution is 5.94. The molecule has 0 aromatic rings. The first-order valence-corrected chi connectivity index (χ1v) is 5.83. The predicted octanol–water partition coefficient (Wildman–Crippen LogP) is -0.715. The number of rotatable bonds is 2. The van der Waals surface area contributed by atoms with Crippen molar-refractivity contribution >= 4 is 11.8 Å². The van der Waals surface area contributed by atoms with E-state index >= 15 is 0 Å². The number of hydrogen-bond acceptors (Lipinski definition) is 3. The van der Waals surface area contributed by atoms with Crippen molar-refractivity contribution in [1.29, 1.82) is 0 Å². The third-order valence-corrected chi connectivity index (χ3v) is 3.36. The summed E-state index contributed by atoms with van der Waals surface area (Å²) in [7, 11) is 2.09. The van der Waals surface area contributed by atoms with Gasteiger partial charge in [0.15, 0.2) is 0 Å². The van der Waals surface area contributed by atoms with Crippen molar-refractivity contribution in [2.45, 2.75) is 19.4 Å². The zero-order chi connectivity index (χ0) is 11.7. The Labute approximate surface area is 95.8 Å². The Bertz CT molecular complexity index is 306. The van der Waals surface area contributed by atoms with E-state index in [0.29, 0.717) is 5.92 Å². The zero-order valence-electron chi connectivity index (χ0n) is 9.90. The van der Waals surface area contributed by atoms with Gasteiger partial charge in [0.05, 0.1) is 6.54 Å². The van der Waals surface area contributed by atoms with Crippen LogP contribution in [0.5, 0.6) is 0 Å². The van der Waals surface area contributed by atoms with Gasteiger partial charge in [-0.2, -0.15) is 0 Å². The molecule has 5 heteroatoms. The molecule has 16 heavy (non-hydrogen) atoms. The lowest BCUT2D eigenvalue weighted by atomic mass is 10.1. The second kappa shape index (κ2) is 4.41. The van der Waals surface area contributed by atoms with E-state index in [0.717, 1.165) is 26.1 Å². The van der Waals surface area contributed by atoms with Gasteiger partial charge in [0, 0.05) is 13.1 Å². The van der Waals surface area contributed by atoms with E-state index in [1.165, 1.54) is 0 Å². The molecule has 2 saturated heterocycles. The summed E-state index contributed by atoms with van der Waals surface area (Å²) in [6.07, 6.45) is 1.12. The molecule has 2 amide bonds. The predicted molar refractivity (Wildman–Crippen MR) is 59.8 cm³/mol. The average molecular weight is 225 g/mol. The molecule has 0 bridgehead atoms. The van der Waals surface area contributed by atoms with Crippen LogP contribution in [0.15, 0.2) is 0 Å². The van der Waals surface area contributed by atoms with Crippen molar-refractivity contribution in [2.75, 3.05) is 33.2 Å². The minimum absolute atomic E-state index is 0.0431. The molecular weight excluding hydrogens is 206 g/mol. The van der Waals surface area contributed by atoms with Gasteiger partial charge < -0.3 is 15.1 Å². The van der Waals surface area contributed by atoms with Crippen LogP contribution in [0.25, 0.3) is 0 Å². The van der Waals surface area contributed by atoms with Crippen LogP contribution in [0.4, 0.5) is 0 Å². The third-order valence-electron chi connectivity index (χ3n) is 3.36. The number of carbonyl (C=O) groups is 2. The van der Waals surface area contributed by atoms with Crippen LogP contribution in [-0.2, 0) is 9.59 Å². The molecule has 0 spiro atoms. The Morgan fingerprint density at radius 2 is 2.19 bits per heavy atom. The molecule has 2 aliphatic heterocycles. The van der Waals surface area contributed by atoms with E-state index in [1.54, 1.807) is 11.8 Å². The van der Waals surface area contributed by atoms with E-state index in [1.807, 2.05) is 0 Å². The Kier molecular flexibility index (Phi) is 3.14. The summed E-state index contributed by atoms with van der Waals surface area (Å²) in [5.74, 6) is 0.527. The number of nitrogens with zero attached hydrogens (tertiary/aromatic N) is 2. The van der Waals surface area contributed by atoms with Gasteiger partial charge in [-0.25, -0.2) is 0 Å². The fraction of sp³-hybridized carbons (Fsp3) is 0.818. The van der Waals surface area contributed by atoms with Crippen LogP contribution in [0, 0.1) is 5.92 Å². The maximum absolute atomic E-state index is 11.8. The number of nitrogens with one attached hydrogen (secondary N) is 1. The lowest BCUT2D eigenvalue weighted by Gasteiger charge is -2.32. The van der Waals surface area contributed by atoms with Crippen LogP contribution in [-0.4, -0.2) is 60.9 Å². The lowest BCUT2D eigenvalue weighted by Crippen LogP contribution is -2.57. The number of likely N-dealkylation sites (tertiary alicyclic amines) is 1. The summed E-state index contributed by atoms with van der Waals surface area (Å²) >= 11 is 0. The highest BCUT2D eigenvalue weighted by Gasteiger charge is 2.32. The van der Waals surface area contributed by atoms with Gasteiger partial charge in [0.1, 0.15) is 6.04 Å². The Morgan fingerprint density at radius 1 is 1.44 bits per heavy atom. The highest BCUT2D eigenvalue weighted by atomic mass is 16.2. The standard InChI is InChI=1S/C11H19N3O2/c1-8-11(16)14(7-10(15)12-8)6-9-3-4-13(2)5-9/h8-9H,3-7H2,1-2H3,(H,12,15). The fourth-order valence-electron chi connectivity index (χ4n) is 2.52. The molecular formula is C11H19N3O2. The van der Waals surface area contributed by atoms with Crippen molar-refractivity contribution in [3.8, 4) is 0 Å². The molecule has 0 aromatic carbocycles. The number of carbonyl (C=O) groups excluding carboxylic acids is 2. The van der Waals surface area contributed by atoms with Crippen LogP contribution in [0.1, 0.15) is 13.3 Å². The van der Waals surface area contributed by atoms with Crippen LogP contribution in [0.2, 0.25) is 0 Å². The zero-order valence-corrected chi connectivity index (χ0v) is 9.90. The van der Waals surface area contributed by atoms with Gasteiger partial charge in [0.2, 0.25) is 11.8 Å². The van der Waals surface area contributed by atoms with Gasteiger partial charge in [-0.15, -0.1) is 0 Å². The van der Waals surface area contributed by atoms with Crippen LogP contribution < -0.4 is 5.32 Å². The van der Waals surface area contributed by atoms with Gasteiger partial charge in [-0.3, -0.25) is 9.59 Å². The van der Waals surface area contributed by atoms with E-state index in [4.69, 9.17) is 0 Å². The molecule has 5 nitrogen and oxygen atoms in total. The summed E-state index contributed by atoms with van der Waals surface area (Å²) in [6, 6.07) is -0.361. The first-order valence-electron chi connectivity index (χ1n) is 5.83. The second-order valence-electron chi connectivity index (χ2n) is 4.92. The first kappa shape index (κ1) is 11.4. The minimum Gasteiger partial charge on any atom is -0.343 e. The molecule has 2 fully saturated rings. The quantitative estimate of drug-likeness (QED) is 0.675. The SMILES string of the molecule is CC1NC(=O)CN(CC2CCN(C)C2)C1=O. The average Bonchev–Trinajstić information content (AvgIpc) is 2.60. The van der Waals surface area contributed by atoms with Crippen molar-refractivity contribution in [2.24, 2.45) is 5.92 Å². The van der Waals surface area contributed by atoms with Gasteiger partial charge >= 0.3 is 0 Å². The van der Waals surface area contributed by atoms with Crippen LogP contribution in [0.3, 0.4) is 0 Å². The van der Waals surface area contributed by atoms with E-state index < -0.39 is 0 Å². The molecule has 0 aromatic heterocycles. The summed E-state index contributed by atoms with van der Waals surface area (Å²) in [6.45, 7) is 4.81. The van der Waals surface area contributed by atoms with Crippen molar-refractivity contribution < 1.29 is 9.59 Å². The highest BCUT2D eigenvalue weighted by Crippen LogP contribution is 2.17. The summed E-state index contributed by atoms with van der Waals surface area (Å²) < 4.78 is 0. The van der Waals surface area contributed by atoms with Gasteiger partial charge in [-0.1, -0.05) is 0 Å². The van der Waals surface area contributed by atoms with Gasteiger partial charge in [0.25, 0.3) is 0 Å². The van der Waals surface area contributed by atoms with Crippen molar-refractivity contribution in [1.82, 2.24) is 15.1 Å². The van der Waals surface area contributed by atoms with E-state index in [9.17, 15) is 9.59 Å². The van der Waals surface area contributed by atoms with Crippen LogP contribution >= 0.6 is 0 Å². The summed E-state index contributed by atoms with van der Waals surface area (Å²) in [5.41, 5.74) is 0. The van der Waals surface area contributed by atoms with Crippen molar-refractivity contribution in [3.63, 3.8) is 0 Å². The molecule has 2 heterocycles. The molecule has 1 N–H and O–H groups in total. The summed E-state index contributed by atoms with van der Waals surface area (Å²) in [4.78, 5) is 27.2. The molecule has 2 aliphatic rings. The van der Waals surface area contributed by atoms with E-state index in [-0.39, 0.29) is 24.4 Å². The fourth-order valence-corrected chi connectivity index (χ4v) is 2.52. The number of amides is 2. The normalized spacial score (nSPS) is 32.0. The molecule has 0 aliphatic carbocycles. The molecule has 2 atom stereocenters. The monoisotopic (exact) mass is 225 g/mol. The Morgan fingerprint density at radius 3 is 2.81 bits per heavy atom. The number of piperazine rings is 1. The molecule has 0 saturated carbocycles. The van der Waals surface area contributed by atoms with E-state index in [2.05, 4.69) is 17.3 Å². The summed E-state index contributed by atoms with van der Waals surface area (Å²) in [5, 5.41) is 2.65. The first-order chi connectivity index (χ1) is 7.56. The Hall–Kier alpha value is -1.10. The smallest absolute Gasteiger partial charge is 0.245 e. The lowest BCUT2D eigenvalue weighted by molar-refractivity contribution is -0.144. The molecule has 2 rings (SSSR count). The number of hydrogen-bond donors (Lipinski definition) is 1. The maximum Gasteiger partial charge on any atom is 0.245 e. The third kappa shape index (κ3) is 2.35. The minimum atomic E-state index is -0.361. The molecule has 90 valence electrons. The molecule has 0 radical (unpaired) electrons. The second-order valence-corrected chi connectivity index (χ2v) is 4.92. The topological polar surface area (TPSA) is 52.7 Å². The maximum atomic E-state index is 11.8. The van der Waals surface area contributed by atoms with Gasteiger partial charge in [-0.05, 0) is 32.9 Å². The Balaban J connectivity index is 1.92. The molecule has 2 unspecified atom stereocenters.